The summed E-state index contributed by atoms with van der Waals surface area (Å²) in [5.41, 5.74) is 9.87. The van der Waals surface area contributed by atoms with Gasteiger partial charge in [0.05, 0.1) is 11.4 Å². The van der Waals surface area contributed by atoms with E-state index in [4.69, 9.17) is 10.4 Å². The summed E-state index contributed by atoms with van der Waals surface area (Å²) in [7, 11) is 0. The Hall–Kier alpha value is -2.08. The molecule has 0 saturated heterocycles. The first-order valence-corrected chi connectivity index (χ1v) is 6.77. The fourth-order valence-electron chi connectivity index (χ4n) is 1.95. The topological polar surface area (TPSA) is 77.0 Å². The number of anilines is 2. The van der Waals surface area contributed by atoms with Gasteiger partial charge in [-0.2, -0.15) is 0 Å². The summed E-state index contributed by atoms with van der Waals surface area (Å²) in [5.74, 6) is 0. The van der Waals surface area contributed by atoms with Gasteiger partial charge < -0.3 is 11.1 Å². The maximum atomic E-state index is 5.81. The van der Waals surface area contributed by atoms with Crippen molar-refractivity contribution in [3.05, 3.63) is 33.5 Å². The Balaban J connectivity index is 1.86. The van der Waals surface area contributed by atoms with E-state index in [-0.39, 0.29) is 0 Å². The van der Waals surface area contributed by atoms with Crippen LogP contribution in [0.4, 0.5) is 11.4 Å². The molecule has 98 valence electrons. The summed E-state index contributed by atoms with van der Waals surface area (Å²) >= 11 is 1.80. The number of fused-ring (bicyclic) bond motifs is 1. The highest BCUT2D eigenvalue weighted by Crippen LogP contribution is 2.27. The van der Waals surface area contributed by atoms with E-state index in [0.717, 1.165) is 12.2 Å². The van der Waals surface area contributed by atoms with Crippen molar-refractivity contribution in [2.45, 2.75) is 20.4 Å². The minimum atomic E-state index is 0.574. The molecule has 19 heavy (non-hydrogen) atoms. The number of aromatic nitrogens is 2. The molecule has 0 radical (unpaired) electrons. The van der Waals surface area contributed by atoms with Crippen LogP contribution in [0.15, 0.2) is 22.8 Å². The quantitative estimate of drug-likeness (QED) is 0.718. The number of nitrogen functional groups attached to an aromatic ring is 1. The third-order valence-corrected chi connectivity index (χ3v) is 4.27. The third kappa shape index (κ3) is 2.15. The van der Waals surface area contributed by atoms with Crippen molar-refractivity contribution in [3.63, 3.8) is 0 Å². The fourth-order valence-corrected chi connectivity index (χ4v) is 2.94. The smallest absolute Gasteiger partial charge is 0.160 e. The van der Waals surface area contributed by atoms with Crippen molar-refractivity contribution < 1.29 is 4.63 Å². The first-order chi connectivity index (χ1) is 9.15. The molecule has 0 aliphatic carbocycles. The molecule has 0 spiro atoms. The summed E-state index contributed by atoms with van der Waals surface area (Å²) in [4.78, 5) is 2.64. The van der Waals surface area contributed by atoms with E-state index >= 15 is 0 Å². The highest BCUT2D eigenvalue weighted by molar-refractivity contribution is 7.12. The van der Waals surface area contributed by atoms with Crippen molar-refractivity contribution >= 4 is 33.7 Å². The van der Waals surface area contributed by atoms with Gasteiger partial charge in [-0.3, -0.25) is 0 Å². The van der Waals surface area contributed by atoms with Crippen LogP contribution in [0.3, 0.4) is 0 Å². The van der Waals surface area contributed by atoms with Gasteiger partial charge in [0, 0.05) is 16.3 Å². The lowest BCUT2D eigenvalue weighted by atomic mass is 10.2. The number of hydrogen-bond acceptors (Lipinski definition) is 6. The fraction of sp³-hybridized carbons (Fsp3) is 0.231. The van der Waals surface area contributed by atoms with E-state index in [1.807, 2.05) is 6.07 Å². The standard InChI is InChI=1S/C13H14N4OS/c1-7-5-9(19-8(7)2)6-15-11-4-3-10(14)12-13(11)17-18-16-12/h3-5,15H,6,14H2,1-2H3. The molecule has 0 saturated carbocycles. The first kappa shape index (κ1) is 12.0. The SMILES string of the molecule is Cc1cc(CNc2ccc(N)c3nonc23)sc1C. The van der Waals surface area contributed by atoms with E-state index in [1.54, 1.807) is 17.4 Å². The second-order valence-corrected chi connectivity index (χ2v) is 5.81. The molecule has 6 heteroatoms. The van der Waals surface area contributed by atoms with Crippen molar-refractivity contribution in [2.75, 3.05) is 11.1 Å². The van der Waals surface area contributed by atoms with Crippen molar-refractivity contribution in [1.82, 2.24) is 10.3 Å². The largest absolute Gasteiger partial charge is 0.397 e. The predicted octanol–water partition coefficient (Wildman–Crippen LogP) is 3.10. The minimum absolute atomic E-state index is 0.574. The molecule has 0 amide bonds. The highest BCUT2D eigenvalue weighted by Gasteiger charge is 2.10. The van der Waals surface area contributed by atoms with E-state index in [1.165, 1.54) is 15.3 Å². The van der Waals surface area contributed by atoms with Crippen molar-refractivity contribution in [1.29, 1.82) is 0 Å². The van der Waals surface area contributed by atoms with Crippen LogP contribution in [-0.2, 0) is 6.54 Å². The van der Waals surface area contributed by atoms with Gasteiger partial charge in [0.1, 0.15) is 0 Å². The Morgan fingerprint density at radius 1 is 1.26 bits per heavy atom. The van der Waals surface area contributed by atoms with E-state index in [2.05, 4.69) is 35.5 Å². The molecule has 0 atom stereocenters. The molecule has 0 aliphatic rings. The van der Waals surface area contributed by atoms with Gasteiger partial charge in [-0.15, -0.1) is 11.3 Å². The highest BCUT2D eigenvalue weighted by atomic mass is 32.1. The molecular weight excluding hydrogens is 260 g/mol. The lowest BCUT2D eigenvalue weighted by molar-refractivity contribution is 0.316. The van der Waals surface area contributed by atoms with Gasteiger partial charge in [-0.1, -0.05) is 0 Å². The lowest BCUT2D eigenvalue weighted by Gasteiger charge is -2.05. The number of nitrogens with one attached hydrogen (secondary N) is 1. The molecule has 3 N–H and O–H groups in total. The molecule has 0 unspecified atom stereocenters. The minimum Gasteiger partial charge on any atom is -0.397 e. The number of hydrogen-bond donors (Lipinski definition) is 2. The van der Waals surface area contributed by atoms with Crippen LogP contribution in [0.25, 0.3) is 11.0 Å². The lowest BCUT2D eigenvalue weighted by Crippen LogP contribution is -1.99. The van der Waals surface area contributed by atoms with Crippen LogP contribution in [-0.4, -0.2) is 10.3 Å². The Kier molecular flexibility index (Phi) is 2.87. The molecule has 1 aromatic carbocycles. The van der Waals surface area contributed by atoms with Gasteiger partial charge in [0.25, 0.3) is 0 Å². The molecule has 0 fully saturated rings. The average molecular weight is 274 g/mol. The summed E-state index contributed by atoms with van der Waals surface area (Å²) in [6.07, 6.45) is 0. The molecule has 5 nitrogen and oxygen atoms in total. The molecular formula is C13H14N4OS. The van der Waals surface area contributed by atoms with Gasteiger partial charge >= 0.3 is 0 Å². The monoisotopic (exact) mass is 274 g/mol. The van der Waals surface area contributed by atoms with Crippen LogP contribution < -0.4 is 11.1 Å². The van der Waals surface area contributed by atoms with E-state index in [9.17, 15) is 0 Å². The summed E-state index contributed by atoms with van der Waals surface area (Å²) < 4.78 is 4.74. The third-order valence-electron chi connectivity index (χ3n) is 3.12. The Morgan fingerprint density at radius 2 is 2.05 bits per heavy atom. The molecule has 2 heterocycles. The molecule has 2 aromatic heterocycles. The average Bonchev–Trinajstić information content (AvgIpc) is 2.98. The zero-order chi connectivity index (χ0) is 13.4. The summed E-state index contributed by atoms with van der Waals surface area (Å²) in [6.45, 7) is 5.01. The number of rotatable bonds is 3. The van der Waals surface area contributed by atoms with Gasteiger partial charge in [0.15, 0.2) is 11.0 Å². The summed E-state index contributed by atoms with van der Waals surface area (Å²) in [5, 5.41) is 11.0. The van der Waals surface area contributed by atoms with Crippen LogP contribution in [0.5, 0.6) is 0 Å². The molecule has 3 rings (SSSR count). The second kappa shape index (κ2) is 4.55. The second-order valence-electron chi connectivity index (χ2n) is 4.47. The Morgan fingerprint density at radius 3 is 2.79 bits per heavy atom. The van der Waals surface area contributed by atoms with Gasteiger partial charge in [-0.05, 0) is 47.9 Å². The van der Waals surface area contributed by atoms with E-state index in [0.29, 0.717) is 16.7 Å². The first-order valence-electron chi connectivity index (χ1n) is 5.95. The zero-order valence-electron chi connectivity index (χ0n) is 10.7. The molecule has 0 aliphatic heterocycles. The number of thiophene rings is 1. The van der Waals surface area contributed by atoms with Crippen LogP contribution in [0, 0.1) is 13.8 Å². The number of aryl methyl sites for hydroxylation is 2. The maximum Gasteiger partial charge on any atom is 0.160 e. The van der Waals surface area contributed by atoms with Crippen molar-refractivity contribution in [3.8, 4) is 0 Å². The van der Waals surface area contributed by atoms with Gasteiger partial charge in [0.2, 0.25) is 0 Å². The van der Waals surface area contributed by atoms with E-state index < -0.39 is 0 Å². The Labute approximate surface area is 114 Å². The van der Waals surface area contributed by atoms with Crippen LogP contribution in [0.2, 0.25) is 0 Å². The molecule has 3 aromatic rings. The zero-order valence-corrected chi connectivity index (χ0v) is 11.5. The normalized spacial score (nSPS) is 11.1. The number of nitrogens with zero attached hydrogens (tertiary/aromatic N) is 2. The molecule has 0 bridgehead atoms. The number of benzene rings is 1. The predicted molar refractivity (Wildman–Crippen MR) is 77.3 cm³/mol. The Bertz CT molecular complexity index is 712. The van der Waals surface area contributed by atoms with Crippen molar-refractivity contribution in [2.24, 2.45) is 0 Å². The van der Waals surface area contributed by atoms with Crippen LogP contribution in [0.1, 0.15) is 15.3 Å². The number of nitrogens with two attached hydrogens (primary N) is 1. The summed E-state index contributed by atoms with van der Waals surface area (Å²) in [6, 6.07) is 5.90. The van der Waals surface area contributed by atoms with Gasteiger partial charge in [-0.25, -0.2) is 4.63 Å². The maximum absolute atomic E-state index is 5.81. The van der Waals surface area contributed by atoms with Crippen LogP contribution >= 0.6 is 11.3 Å².